The lowest BCUT2D eigenvalue weighted by molar-refractivity contribution is -0.384. The van der Waals surface area contributed by atoms with Gasteiger partial charge in [0.15, 0.2) is 6.10 Å². The average Bonchev–Trinajstić information content (AvgIpc) is 2.82. The van der Waals surface area contributed by atoms with Crippen LogP contribution in [0.25, 0.3) is 0 Å². The van der Waals surface area contributed by atoms with Crippen LogP contribution in [0.1, 0.15) is 22.8 Å². The molecule has 0 bridgehead atoms. The first-order chi connectivity index (χ1) is 15.4. The summed E-state index contributed by atoms with van der Waals surface area (Å²) in [6.07, 6.45) is -0.873. The lowest BCUT2D eigenvalue weighted by Gasteiger charge is -2.24. The van der Waals surface area contributed by atoms with Crippen LogP contribution in [0.2, 0.25) is 0 Å². The zero-order valence-corrected chi connectivity index (χ0v) is 17.7. The molecule has 1 atom stereocenters. The Bertz CT molecular complexity index is 1100. The zero-order valence-electron chi connectivity index (χ0n) is 17.7. The van der Waals surface area contributed by atoms with Gasteiger partial charge in [-0.1, -0.05) is 42.5 Å². The Morgan fingerprint density at radius 3 is 2.28 bits per heavy atom. The Kier molecular flexibility index (Phi) is 7.17. The van der Waals surface area contributed by atoms with Gasteiger partial charge in [-0.2, -0.15) is 0 Å². The molecule has 0 radical (unpaired) electrons. The number of nitro groups is 1. The first-order valence-electron chi connectivity index (χ1n) is 9.96. The molecule has 164 valence electrons. The van der Waals surface area contributed by atoms with Gasteiger partial charge in [0, 0.05) is 25.7 Å². The number of ether oxygens (including phenoxy) is 1. The summed E-state index contributed by atoms with van der Waals surface area (Å²) in [6.45, 7) is 1.95. The zero-order chi connectivity index (χ0) is 23.1. The van der Waals surface area contributed by atoms with Crippen LogP contribution in [-0.4, -0.2) is 29.9 Å². The van der Waals surface area contributed by atoms with Crippen molar-refractivity contribution in [2.75, 3.05) is 11.9 Å². The van der Waals surface area contributed by atoms with Crippen LogP contribution in [0.3, 0.4) is 0 Å². The van der Waals surface area contributed by atoms with Crippen LogP contribution in [-0.2, 0) is 11.3 Å². The summed E-state index contributed by atoms with van der Waals surface area (Å²) >= 11 is 0. The highest BCUT2D eigenvalue weighted by Gasteiger charge is 2.24. The van der Waals surface area contributed by atoms with Crippen molar-refractivity contribution in [2.45, 2.75) is 19.6 Å². The number of rotatable bonds is 8. The van der Waals surface area contributed by atoms with E-state index in [1.807, 2.05) is 30.3 Å². The fraction of sp³-hybridized carbons (Fsp3) is 0.167. The van der Waals surface area contributed by atoms with E-state index >= 15 is 0 Å². The fourth-order valence-electron chi connectivity index (χ4n) is 3.12. The largest absolute Gasteiger partial charge is 0.481 e. The smallest absolute Gasteiger partial charge is 0.269 e. The van der Waals surface area contributed by atoms with Gasteiger partial charge in [-0.05, 0) is 36.8 Å². The first-order valence-corrected chi connectivity index (χ1v) is 9.96. The van der Waals surface area contributed by atoms with Crippen LogP contribution >= 0.6 is 0 Å². The van der Waals surface area contributed by atoms with Crippen molar-refractivity contribution < 1.29 is 19.2 Å². The Morgan fingerprint density at radius 2 is 1.62 bits per heavy atom. The molecule has 0 aliphatic heterocycles. The minimum Gasteiger partial charge on any atom is -0.481 e. The number of likely N-dealkylation sites (N-methyl/N-ethyl adjacent to an activating group) is 1. The predicted octanol–water partition coefficient (Wildman–Crippen LogP) is 3.96. The van der Waals surface area contributed by atoms with Crippen molar-refractivity contribution >= 4 is 23.2 Å². The van der Waals surface area contributed by atoms with E-state index in [-0.39, 0.29) is 17.5 Å². The van der Waals surface area contributed by atoms with E-state index < -0.39 is 11.0 Å². The van der Waals surface area contributed by atoms with Crippen molar-refractivity contribution in [1.82, 2.24) is 5.32 Å². The number of hydrogen-bond donors (Lipinski definition) is 1. The van der Waals surface area contributed by atoms with Crippen LogP contribution in [0, 0.1) is 10.1 Å². The fourth-order valence-corrected chi connectivity index (χ4v) is 3.12. The van der Waals surface area contributed by atoms with Gasteiger partial charge < -0.3 is 15.0 Å². The van der Waals surface area contributed by atoms with E-state index in [2.05, 4.69) is 5.32 Å². The Hall–Kier alpha value is -4.20. The van der Waals surface area contributed by atoms with Gasteiger partial charge in [-0.3, -0.25) is 19.7 Å². The summed E-state index contributed by atoms with van der Waals surface area (Å²) in [4.78, 5) is 37.4. The molecule has 1 N–H and O–H groups in total. The van der Waals surface area contributed by atoms with Crippen molar-refractivity contribution in [1.29, 1.82) is 0 Å². The lowest BCUT2D eigenvalue weighted by atomic mass is 10.1. The summed E-state index contributed by atoms with van der Waals surface area (Å²) in [6, 6.07) is 21.8. The summed E-state index contributed by atoms with van der Waals surface area (Å²) in [5.74, 6) is -0.335. The van der Waals surface area contributed by atoms with E-state index in [1.165, 1.54) is 29.2 Å². The van der Waals surface area contributed by atoms with E-state index in [9.17, 15) is 19.7 Å². The SMILES string of the molecule is CC(Oc1ccc([N+](=O)[O-])cc1)C(=O)N(C)c1ccccc1C(=O)NCc1ccccc1. The second kappa shape index (κ2) is 10.2. The normalized spacial score (nSPS) is 11.3. The molecule has 0 saturated carbocycles. The molecule has 3 rings (SSSR count). The highest BCUT2D eigenvalue weighted by molar-refractivity contribution is 6.05. The predicted molar refractivity (Wildman–Crippen MR) is 121 cm³/mol. The molecule has 3 aromatic carbocycles. The van der Waals surface area contributed by atoms with Gasteiger partial charge in [-0.15, -0.1) is 0 Å². The summed E-state index contributed by atoms with van der Waals surface area (Å²) in [5, 5.41) is 13.6. The van der Waals surface area contributed by atoms with E-state index in [4.69, 9.17) is 4.74 Å². The highest BCUT2D eigenvalue weighted by atomic mass is 16.6. The minimum absolute atomic E-state index is 0.0658. The average molecular weight is 433 g/mol. The number of hydrogen-bond acceptors (Lipinski definition) is 5. The number of nitrogens with zero attached hydrogens (tertiary/aromatic N) is 2. The maximum atomic E-state index is 12.9. The molecule has 8 heteroatoms. The number of carbonyl (C=O) groups excluding carboxylic acids is 2. The second-order valence-corrected chi connectivity index (χ2v) is 7.09. The molecule has 2 amide bonds. The number of non-ortho nitro benzene ring substituents is 1. The van der Waals surface area contributed by atoms with Crippen LogP contribution in [0.5, 0.6) is 5.75 Å². The van der Waals surface area contributed by atoms with Gasteiger partial charge in [-0.25, -0.2) is 0 Å². The van der Waals surface area contributed by atoms with Gasteiger partial charge in [0.05, 0.1) is 16.2 Å². The van der Waals surface area contributed by atoms with Crippen LogP contribution in [0.15, 0.2) is 78.9 Å². The highest BCUT2D eigenvalue weighted by Crippen LogP contribution is 2.22. The lowest BCUT2D eigenvalue weighted by Crippen LogP contribution is -2.39. The third-order valence-electron chi connectivity index (χ3n) is 4.84. The van der Waals surface area contributed by atoms with Gasteiger partial charge in [0.2, 0.25) is 0 Å². The molecule has 32 heavy (non-hydrogen) atoms. The molecule has 3 aromatic rings. The molecule has 0 fully saturated rings. The van der Waals surface area contributed by atoms with E-state index in [0.717, 1.165) is 5.56 Å². The van der Waals surface area contributed by atoms with Gasteiger partial charge in [0.25, 0.3) is 17.5 Å². The molecule has 0 saturated heterocycles. The third kappa shape index (κ3) is 5.48. The molecule has 0 aliphatic rings. The monoisotopic (exact) mass is 433 g/mol. The number of carbonyl (C=O) groups is 2. The van der Waals surface area contributed by atoms with E-state index in [0.29, 0.717) is 23.5 Å². The third-order valence-corrected chi connectivity index (χ3v) is 4.84. The summed E-state index contributed by atoms with van der Waals surface area (Å²) in [5.41, 5.74) is 1.71. The first kappa shape index (κ1) is 22.5. The summed E-state index contributed by atoms with van der Waals surface area (Å²) < 4.78 is 5.64. The number of para-hydroxylation sites is 1. The summed E-state index contributed by atoms with van der Waals surface area (Å²) in [7, 11) is 1.57. The van der Waals surface area contributed by atoms with Crippen LogP contribution in [0.4, 0.5) is 11.4 Å². The molecular formula is C24H23N3O5. The number of amides is 2. The van der Waals surface area contributed by atoms with Gasteiger partial charge in [0.1, 0.15) is 5.75 Å². The molecule has 0 heterocycles. The Labute approximate surface area is 185 Å². The molecule has 1 unspecified atom stereocenters. The van der Waals surface area contributed by atoms with E-state index in [1.54, 1.807) is 38.2 Å². The number of nitrogens with one attached hydrogen (secondary N) is 1. The quantitative estimate of drug-likeness (QED) is 0.428. The number of nitro benzene ring substituents is 1. The Morgan fingerprint density at radius 1 is 1.00 bits per heavy atom. The van der Waals surface area contributed by atoms with Crippen LogP contribution < -0.4 is 15.0 Å². The molecular weight excluding hydrogens is 410 g/mol. The molecule has 8 nitrogen and oxygen atoms in total. The maximum absolute atomic E-state index is 12.9. The standard InChI is InChI=1S/C24H23N3O5/c1-17(32-20-14-12-19(13-15-20)27(30)31)24(29)26(2)22-11-7-6-10-21(22)23(28)25-16-18-8-4-3-5-9-18/h3-15,17H,16H2,1-2H3,(H,25,28). The maximum Gasteiger partial charge on any atom is 0.269 e. The molecule has 0 aromatic heterocycles. The van der Waals surface area contributed by atoms with Crippen molar-refractivity contribution in [3.05, 3.63) is 100 Å². The topological polar surface area (TPSA) is 102 Å². The van der Waals surface area contributed by atoms with Crippen molar-refractivity contribution in [2.24, 2.45) is 0 Å². The number of anilines is 1. The molecule has 0 spiro atoms. The molecule has 0 aliphatic carbocycles. The van der Waals surface area contributed by atoms with Gasteiger partial charge >= 0.3 is 0 Å². The second-order valence-electron chi connectivity index (χ2n) is 7.09. The number of benzene rings is 3. The van der Waals surface area contributed by atoms with Crippen molar-refractivity contribution in [3.63, 3.8) is 0 Å². The Balaban J connectivity index is 1.69. The van der Waals surface area contributed by atoms with Crippen molar-refractivity contribution in [3.8, 4) is 5.75 Å². The minimum atomic E-state index is -0.873.